The Morgan fingerprint density at radius 1 is 1.29 bits per heavy atom. The van der Waals surface area contributed by atoms with Gasteiger partial charge in [-0.1, -0.05) is 44.6 Å². The maximum absolute atomic E-state index is 12.5. The molecule has 1 aliphatic rings. The lowest BCUT2D eigenvalue weighted by Crippen LogP contribution is -2.37. The van der Waals surface area contributed by atoms with Crippen molar-refractivity contribution in [3.05, 3.63) is 41.5 Å². The minimum absolute atomic E-state index is 0.0106. The zero-order chi connectivity index (χ0) is 15.7. The molecular weight excluding hydrogens is 284 g/mol. The van der Waals surface area contributed by atoms with Crippen LogP contribution in [-0.2, 0) is 15.8 Å². The molecule has 21 heavy (non-hydrogen) atoms. The number of nitrogens with zero attached hydrogens (tertiary/aromatic N) is 1. The first-order chi connectivity index (χ1) is 9.68. The second-order valence-corrected chi connectivity index (χ2v) is 8.56. The van der Waals surface area contributed by atoms with Crippen LogP contribution in [0.2, 0.25) is 0 Å². The Morgan fingerprint density at radius 3 is 2.52 bits per heavy atom. The second-order valence-electron chi connectivity index (χ2n) is 6.59. The summed E-state index contributed by atoms with van der Waals surface area (Å²) in [5.74, 6) is 0.0106. The Kier molecular flexibility index (Phi) is 4.44. The third-order valence-corrected chi connectivity index (χ3v) is 5.65. The van der Waals surface area contributed by atoms with E-state index in [0.29, 0.717) is 18.8 Å². The summed E-state index contributed by atoms with van der Waals surface area (Å²) in [6, 6.07) is 7.07. The smallest absolute Gasteiger partial charge is 0.218 e. The van der Waals surface area contributed by atoms with E-state index >= 15 is 0 Å². The number of rotatable bonds is 3. The molecule has 0 spiro atoms. The first-order valence-corrected chi connectivity index (χ1v) is 8.81. The first kappa shape index (κ1) is 16.0. The van der Waals surface area contributed by atoms with Gasteiger partial charge in [-0.2, -0.15) is 4.31 Å². The van der Waals surface area contributed by atoms with E-state index in [1.807, 2.05) is 0 Å². The van der Waals surface area contributed by atoms with Gasteiger partial charge in [-0.05, 0) is 29.5 Å². The molecule has 1 aliphatic heterocycles. The minimum Gasteiger partial charge on any atom is -0.399 e. The molecule has 1 aromatic carbocycles. The number of hydrogen-bond donors (Lipinski definition) is 1. The van der Waals surface area contributed by atoms with Crippen molar-refractivity contribution >= 4 is 15.7 Å². The van der Waals surface area contributed by atoms with Gasteiger partial charge in [0.25, 0.3) is 0 Å². The molecule has 116 valence electrons. The summed E-state index contributed by atoms with van der Waals surface area (Å²) in [4.78, 5) is 0. The van der Waals surface area contributed by atoms with Crippen molar-refractivity contribution < 1.29 is 8.42 Å². The molecule has 1 heterocycles. The van der Waals surface area contributed by atoms with Crippen molar-refractivity contribution in [1.82, 2.24) is 4.31 Å². The van der Waals surface area contributed by atoms with Gasteiger partial charge < -0.3 is 5.73 Å². The third kappa shape index (κ3) is 4.08. The summed E-state index contributed by atoms with van der Waals surface area (Å²) in [7, 11) is -3.29. The lowest BCUT2D eigenvalue weighted by atomic mass is 9.83. The largest absolute Gasteiger partial charge is 0.399 e. The van der Waals surface area contributed by atoms with Gasteiger partial charge in [0.1, 0.15) is 0 Å². The molecule has 0 bridgehead atoms. The lowest BCUT2D eigenvalue weighted by Gasteiger charge is -2.31. The van der Waals surface area contributed by atoms with Gasteiger partial charge in [-0.25, -0.2) is 8.42 Å². The van der Waals surface area contributed by atoms with E-state index in [9.17, 15) is 8.42 Å². The Labute approximate surface area is 127 Å². The third-order valence-electron chi connectivity index (χ3n) is 3.83. The van der Waals surface area contributed by atoms with Crippen LogP contribution in [0.3, 0.4) is 0 Å². The summed E-state index contributed by atoms with van der Waals surface area (Å²) in [6.07, 6.45) is 2.86. The Hall–Kier alpha value is -1.33. The van der Waals surface area contributed by atoms with Crippen LogP contribution in [0.5, 0.6) is 0 Å². The molecule has 0 radical (unpaired) electrons. The van der Waals surface area contributed by atoms with E-state index in [0.717, 1.165) is 12.0 Å². The van der Waals surface area contributed by atoms with Gasteiger partial charge in [0.15, 0.2) is 0 Å². The molecule has 0 atom stereocenters. The fourth-order valence-corrected chi connectivity index (χ4v) is 4.02. The van der Waals surface area contributed by atoms with Crippen LogP contribution in [0.4, 0.5) is 5.69 Å². The highest BCUT2D eigenvalue weighted by Crippen LogP contribution is 2.31. The second kappa shape index (κ2) is 5.81. The molecular formula is C16H24N2O2S. The number of nitrogens with two attached hydrogens (primary N) is 1. The molecule has 0 saturated heterocycles. The minimum atomic E-state index is -3.29. The van der Waals surface area contributed by atoms with E-state index in [4.69, 9.17) is 5.73 Å². The molecule has 0 unspecified atom stereocenters. The van der Waals surface area contributed by atoms with E-state index in [1.165, 1.54) is 5.57 Å². The Morgan fingerprint density at radius 2 is 2.00 bits per heavy atom. The zero-order valence-corrected chi connectivity index (χ0v) is 13.8. The monoisotopic (exact) mass is 308 g/mol. The SMILES string of the molecule is CC(C)(C)C1=CCN(S(=O)(=O)Cc2cccc(N)c2)CC1. The van der Waals surface area contributed by atoms with Crippen molar-refractivity contribution in [2.24, 2.45) is 5.41 Å². The molecule has 0 saturated carbocycles. The van der Waals surface area contributed by atoms with Crippen molar-refractivity contribution in [3.8, 4) is 0 Å². The van der Waals surface area contributed by atoms with E-state index in [-0.39, 0.29) is 11.2 Å². The average Bonchev–Trinajstić information content (AvgIpc) is 2.37. The summed E-state index contributed by atoms with van der Waals surface area (Å²) in [5.41, 5.74) is 8.48. The predicted octanol–water partition coefficient (Wildman–Crippen LogP) is 2.78. The molecule has 0 fully saturated rings. The summed E-state index contributed by atoms with van der Waals surface area (Å²) < 4.78 is 26.5. The van der Waals surface area contributed by atoms with Crippen LogP contribution in [0.1, 0.15) is 32.8 Å². The number of nitrogen functional groups attached to an aromatic ring is 1. The molecule has 0 amide bonds. The van der Waals surface area contributed by atoms with E-state index in [2.05, 4.69) is 26.8 Å². The van der Waals surface area contributed by atoms with Crippen molar-refractivity contribution in [3.63, 3.8) is 0 Å². The van der Waals surface area contributed by atoms with Crippen LogP contribution in [0.15, 0.2) is 35.9 Å². The van der Waals surface area contributed by atoms with Crippen molar-refractivity contribution in [1.29, 1.82) is 0 Å². The zero-order valence-electron chi connectivity index (χ0n) is 13.0. The quantitative estimate of drug-likeness (QED) is 0.690. The highest BCUT2D eigenvalue weighted by Gasteiger charge is 2.27. The van der Waals surface area contributed by atoms with Crippen LogP contribution in [0, 0.1) is 5.41 Å². The van der Waals surface area contributed by atoms with Gasteiger partial charge in [0.05, 0.1) is 5.75 Å². The number of anilines is 1. The normalized spacial score (nSPS) is 17.6. The molecule has 2 rings (SSSR count). The van der Waals surface area contributed by atoms with Gasteiger partial charge in [-0.3, -0.25) is 0 Å². The maximum Gasteiger partial charge on any atom is 0.218 e. The number of benzene rings is 1. The van der Waals surface area contributed by atoms with Gasteiger partial charge in [-0.15, -0.1) is 0 Å². The highest BCUT2D eigenvalue weighted by atomic mass is 32.2. The molecule has 0 aliphatic carbocycles. The van der Waals surface area contributed by atoms with Gasteiger partial charge in [0, 0.05) is 18.8 Å². The molecule has 5 heteroatoms. The molecule has 1 aromatic rings. The fourth-order valence-electron chi connectivity index (χ4n) is 2.57. The summed E-state index contributed by atoms with van der Waals surface area (Å²) in [6.45, 7) is 7.52. The van der Waals surface area contributed by atoms with E-state index in [1.54, 1.807) is 28.6 Å². The van der Waals surface area contributed by atoms with Crippen LogP contribution >= 0.6 is 0 Å². The van der Waals surface area contributed by atoms with Crippen molar-refractivity contribution in [2.75, 3.05) is 18.8 Å². The Balaban J connectivity index is 2.10. The molecule has 2 N–H and O–H groups in total. The maximum atomic E-state index is 12.5. The highest BCUT2D eigenvalue weighted by molar-refractivity contribution is 7.88. The summed E-state index contributed by atoms with van der Waals surface area (Å²) in [5, 5.41) is 0. The van der Waals surface area contributed by atoms with Gasteiger partial charge >= 0.3 is 0 Å². The Bertz CT molecular complexity index is 642. The number of hydrogen-bond acceptors (Lipinski definition) is 3. The molecule has 0 aromatic heterocycles. The summed E-state index contributed by atoms with van der Waals surface area (Å²) >= 11 is 0. The van der Waals surface area contributed by atoms with Crippen LogP contribution in [-0.4, -0.2) is 25.8 Å². The topological polar surface area (TPSA) is 63.4 Å². The standard InChI is InChI=1S/C16H24N2O2S/c1-16(2,3)14-7-9-18(10-8-14)21(19,20)12-13-5-4-6-15(17)11-13/h4-7,11H,8-10,12,17H2,1-3H3. The van der Waals surface area contributed by atoms with Crippen LogP contribution < -0.4 is 5.73 Å². The van der Waals surface area contributed by atoms with Gasteiger partial charge in [0.2, 0.25) is 10.0 Å². The lowest BCUT2D eigenvalue weighted by molar-refractivity contribution is 0.389. The first-order valence-electron chi connectivity index (χ1n) is 7.20. The fraction of sp³-hybridized carbons (Fsp3) is 0.500. The molecule has 4 nitrogen and oxygen atoms in total. The average molecular weight is 308 g/mol. The number of sulfonamides is 1. The van der Waals surface area contributed by atoms with Crippen LogP contribution in [0.25, 0.3) is 0 Å². The van der Waals surface area contributed by atoms with E-state index < -0.39 is 10.0 Å². The van der Waals surface area contributed by atoms with Crippen molar-refractivity contribution in [2.45, 2.75) is 32.9 Å². The predicted molar refractivity (Wildman–Crippen MR) is 87.2 cm³/mol.